The molecule has 1 aromatic carbocycles. The van der Waals surface area contributed by atoms with Crippen molar-refractivity contribution in [1.82, 2.24) is 9.78 Å². The zero-order chi connectivity index (χ0) is 14.9. The van der Waals surface area contributed by atoms with Crippen molar-refractivity contribution in [3.05, 3.63) is 46.3 Å². The van der Waals surface area contributed by atoms with Crippen LogP contribution in [0.2, 0.25) is 0 Å². The third-order valence-corrected chi connectivity index (χ3v) is 3.63. The number of aliphatic hydroxyl groups excluding tert-OH is 1. The highest BCUT2D eigenvalue weighted by Gasteiger charge is 2.23. The first-order valence-corrected chi connectivity index (χ1v) is 6.85. The molecule has 1 atom stereocenters. The number of benzene rings is 1. The minimum absolute atomic E-state index is 0.624. The maximum atomic E-state index is 10.8. The summed E-state index contributed by atoms with van der Waals surface area (Å²) in [6.45, 7) is 8.81. The topological polar surface area (TPSA) is 47.3 Å². The van der Waals surface area contributed by atoms with Gasteiger partial charge in [-0.2, -0.15) is 5.10 Å². The number of hydrogen-bond donors (Lipinski definition) is 1. The summed E-state index contributed by atoms with van der Waals surface area (Å²) in [7, 11) is 1.60. The molecule has 0 bridgehead atoms. The summed E-state index contributed by atoms with van der Waals surface area (Å²) in [5.41, 5.74) is 5.02. The van der Waals surface area contributed by atoms with Crippen LogP contribution >= 0.6 is 0 Å². The van der Waals surface area contributed by atoms with E-state index >= 15 is 0 Å². The Hall–Kier alpha value is -1.81. The van der Waals surface area contributed by atoms with Crippen LogP contribution < -0.4 is 4.74 Å². The van der Waals surface area contributed by atoms with Crippen LogP contribution in [0.25, 0.3) is 0 Å². The number of methoxy groups -OCH3 is 1. The molecule has 0 aliphatic heterocycles. The Morgan fingerprint density at radius 1 is 1.25 bits per heavy atom. The summed E-state index contributed by atoms with van der Waals surface area (Å²) in [6, 6.07) is 4.18. The Bertz CT molecular complexity index is 572. The minimum Gasteiger partial charge on any atom is -0.493 e. The van der Waals surface area contributed by atoms with Crippen LogP contribution in [-0.4, -0.2) is 22.0 Å². The molecule has 0 aliphatic carbocycles. The first kappa shape index (κ1) is 14.6. The summed E-state index contributed by atoms with van der Waals surface area (Å²) < 4.78 is 7.11. The average molecular weight is 274 g/mol. The van der Waals surface area contributed by atoms with Gasteiger partial charge in [0.05, 0.1) is 13.3 Å². The lowest BCUT2D eigenvalue weighted by atomic mass is 9.94. The highest BCUT2D eigenvalue weighted by Crippen LogP contribution is 2.33. The van der Waals surface area contributed by atoms with Crippen LogP contribution in [0.5, 0.6) is 5.75 Å². The van der Waals surface area contributed by atoms with Gasteiger partial charge < -0.3 is 9.84 Å². The van der Waals surface area contributed by atoms with Crippen LogP contribution in [0.3, 0.4) is 0 Å². The fraction of sp³-hybridized carbons (Fsp3) is 0.438. The SMILES string of the molecule is CCn1ncc(OC)c1C(O)c1c(C)cc(C)cc1C. The van der Waals surface area contributed by atoms with Crippen LogP contribution in [-0.2, 0) is 6.54 Å². The molecule has 108 valence electrons. The van der Waals surface area contributed by atoms with Crippen molar-refractivity contribution in [2.75, 3.05) is 7.11 Å². The molecule has 0 saturated carbocycles. The quantitative estimate of drug-likeness (QED) is 0.932. The van der Waals surface area contributed by atoms with E-state index in [0.717, 1.165) is 16.7 Å². The van der Waals surface area contributed by atoms with Gasteiger partial charge in [-0.15, -0.1) is 0 Å². The summed E-state index contributed by atoms with van der Waals surface area (Å²) in [5, 5.41) is 15.1. The van der Waals surface area contributed by atoms with Crippen LogP contribution in [0, 0.1) is 20.8 Å². The smallest absolute Gasteiger partial charge is 0.163 e. The van der Waals surface area contributed by atoms with E-state index < -0.39 is 6.10 Å². The van der Waals surface area contributed by atoms with Crippen molar-refractivity contribution in [3.8, 4) is 5.75 Å². The van der Waals surface area contributed by atoms with Gasteiger partial charge in [-0.05, 0) is 44.4 Å². The average Bonchev–Trinajstić information content (AvgIpc) is 2.79. The fourth-order valence-electron chi connectivity index (χ4n) is 2.82. The van der Waals surface area contributed by atoms with Gasteiger partial charge in [-0.3, -0.25) is 4.68 Å². The van der Waals surface area contributed by atoms with E-state index in [-0.39, 0.29) is 0 Å². The van der Waals surface area contributed by atoms with Crippen molar-refractivity contribution >= 4 is 0 Å². The van der Waals surface area contributed by atoms with E-state index in [1.165, 1.54) is 5.56 Å². The second kappa shape index (κ2) is 5.67. The van der Waals surface area contributed by atoms with Crippen molar-refractivity contribution in [3.63, 3.8) is 0 Å². The standard InChI is InChI=1S/C16H22N2O2/c1-6-18-15(13(20-5)9-17-18)16(19)14-11(3)7-10(2)8-12(14)4/h7-9,16,19H,6H2,1-5H3. The normalized spacial score (nSPS) is 12.5. The molecular weight excluding hydrogens is 252 g/mol. The summed E-state index contributed by atoms with van der Waals surface area (Å²) in [5.74, 6) is 0.624. The molecule has 1 unspecified atom stereocenters. The van der Waals surface area contributed by atoms with Gasteiger partial charge >= 0.3 is 0 Å². The molecule has 20 heavy (non-hydrogen) atoms. The molecule has 2 aromatic rings. The Balaban J connectivity index is 2.57. The molecule has 4 nitrogen and oxygen atoms in total. The van der Waals surface area contributed by atoms with Gasteiger partial charge in [0.2, 0.25) is 0 Å². The zero-order valence-electron chi connectivity index (χ0n) is 12.8. The monoisotopic (exact) mass is 274 g/mol. The number of hydrogen-bond acceptors (Lipinski definition) is 3. The van der Waals surface area contributed by atoms with E-state index in [0.29, 0.717) is 18.0 Å². The van der Waals surface area contributed by atoms with Crippen LogP contribution in [0.1, 0.15) is 41.0 Å². The van der Waals surface area contributed by atoms with Crippen molar-refractivity contribution in [2.45, 2.75) is 40.3 Å². The van der Waals surface area contributed by atoms with Crippen LogP contribution in [0.4, 0.5) is 0 Å². The Kier molecular flexibility index (Phi) is 4.14. The van der Waals surface area contributed by atoms with E-state index in [1.807, 2.05) is 20.8 Å². The number of ether oxygens (including phenoxy) is 1. The molecule has 0 amide bonds. The van der Waals surface area contributed by atoms with Gasteiger partial charge in [0.15, 0.2) is 5.75 Å². The first-order chi connectivity index (χ1) is 9.49. The molecule has 0 fully saturated rings. The lowest BCUT2D eigenvalue weighted by Gasteiger charge is -2.19. The van der Waals surface area contributed by atoms with Gasteiger partial charge in [0.25, 0.3) is 0 Å². The molecule has 2 rings (SSSR count). The maximum Gasteiger partial charge on any atom is 0.163 e. The second-order valence-corrected chi connectivity index (χ2v) is 5.13. The van der Waals surface area contributed by atoms with Gasteiger partial charge in [0.1, 0.15) is 11.8 Å². The molecule has 0 spiro atoms. The molecule has 1 N–H and O–H groups in total. The maximum absolute atomic E-state index is 10.8. The van der Waals surface area contributed by atoms with E-state index in [2.05, 4.69) is 24.2 Å². The molecule has 1 aromatic heterocycles. The van der Waals surface area contributed by atoms with E-state index in [4.69, 9.17) is 4.74 Å². The third kappa shape index (κ3) is 2.43. The Labute approximate surface area is 120 Å². The molecule has 0 aliphatic rings. The largest absolute Gasteiger partial charge is 0.493 e. The summed E-state index contributed by atoms with van der Waals surface area (Å²) >= 11 is 0. The first-order valence-electron chi connectivity index (χ1n) is 6.85. The highest BCUT2D eigenvalue weighted by molar-refractivity contribution is 5.44. The van der Waals surface area contributed by atoms with Gasteiger partial charge in [0, 0.05) is 6.54 Å². The predicted molar refractivity (Wildman–Crippen MR) is 79.2 cm³/mol. The fourth-order valence-corrected chi connectivity index (χ4v) is 2.82. The summed E-state index contributed by atoms with van der Waals surface area (Å²) in [4.78, 5) is 0. The lowest BCUT2D eigenvalue weighted by molar-refractivity contribution is 0.201. The summed E-state index contributed by atoms with van der Waals surface area (Å²) in [6.07, 6.45) is 0.925. The highest BCUT2D eigenvalue weighted by atomic mass is 16.5. The van der Waals surface area contributed by atoms with Crippen molar-refractivity contribution < 1.29 is 9.84 Å². The Morgan fingerprint density at radius 2 is 1.85 bits per heavy atom. The predicted octanol–water partition coefficient (Wildman–Crippen LogP) is 2.92. The van der Waals surface area contributed by atoms with Crippen molar-refractivity contribution in [1.29, 1.82) is 0 Å². The minimum atomic E-state index is -0.729. The van der Waals surface area contributed by atoms with E-state index in [1.54, 1.807) is 18.0 Å². The number of aromatic nitrogens is 2. The third-order valence-electron chi connectivity index (χ3n) is 3.63. The number of nitrogens with zero attached hydrogens (tertiary/aromatic N) is 2. The number of aryl methyl sites for hydroxylation is 4. The Morgan fingerprint density at radius 3 is 2.35 bits per heavy atom. The number of aliphatic hydroxyl groups is 1. The number of rotatable bonds is 4. The van der Waals surface area contributed by atoms with Crippen molar-refractivity contribution in [2.24, 2.45) is 0 Å². The van der Waals surface area contributed by atoms with E-state index in [9.17, 15) is 5.11 Å². The zero-order valence-corrected chi connectivity index (χ0v) is 12.8. The molecule has 0 saturated heterocycles. The molecular formula is C16H22N2O2. The van der Waals surface area contributed by atoms with Gasteiger partial charge in [-0.25, -0.2) is 0 Å². The lowest BCUT2D eigenvalue weighted by Crippen LogP contribution is -2.12. The second-order valence-electron chi connectivity index (χ2n) is 5.13. The molecule has 1 heterocycles. The molecule has 0 radical (unpaired) electrons. The molecule has 4 heteroatoms. The van der Waals surface area contributed by atoms with Gasteiger partial charge in [-0.1, -0.05) is 17.7 Å². The van der Waals surface area contributed by atoms with Crippen LogP contribution in [0.15, 0.2) is 18.3 Å².